The molecule has 0 saturated carbocycles. The Bertz CT molecular complexity index is 411. The molecule has 1 aliphatic rings. The molecule has 0 aromatic carbocycles. The van der Waals surface area contributed by atoms with E-state index >= 15 is 0 Å². The normalized spacial score (nSPS) is 23.1. The minimum Gasteiger partial charge on any atom is -0.392 e. The van der Waals surface area contributed by atoms with Gasteiger partial charge in [0.2, 0.25) is 0 Å². The molecule has 0 radical (unpaired) electrons. The fourth-order valence-electron chi connectivity index (χ4n) is 3.02. The van der Waals surface area contributed by atoms with E-state index in [-0.39, 0.29) is 6.10 Å². The van der Waals surface area contributed by atoms with Crippen molar-refractivity contribution in [1.82, 2.24) is 15.0 Å². The first-order chi connectivity index (χ1) is 9.51. The zero-order valence-electron chi connectivity index (χ0n) is 13.1. The van der Waals surface area contributed by atoms with Gasteiger partial charge in [-0.2, -0.15) is 0 Å². The summed E-state index contributed by atoms with van der Waals surface area (Å²) in [6, 6.07) is 0.527. The highest BCUT2D eigenvalue weighted by molar-refractivity contribution is 5.20. The number of β-amino-alcohol motifs (C(OH)–C–C–N with tert-alkyl or cyclic N) is 1. The molecular formula is C15H27N3O2. The zero-order valence-corrected chi connectivity index (χ0v) is 13.1. The van der Waals surface area contributed by atoms with Crippen LogP contribution in [0.2, 0.25) is 0 Å². The Kier molecular flexibility index (Phi) is 5.18. The third kappa shape index (κ3) is 3.59. The number of piperazine rings is 1. The molecule has 20 heavy (non-hydrogen) atoms. The van der Waals surface area contributed by atoms with Crippen molar-refractivity contribution in [3.63, 3.8) is 0 Å². The highest BCUT2D eigenvalue weighted by Gasteiger charge is 2.27. The number of aliphatic hydroxyl groups excluding tert-OH is 1. The largest absolute Gasteiger partial charge is 0.392 e. The zero-order chi connectivity index (χ0) is 14.7. The molecular weight excluding hydrogens is 254 g/mol. The molecule has 5 heteroatoms. The SMILES string of the molecule is CCC1CN(Cc2c(C)noc2C)CCN1CC(C)O. The fourth-order valence-corrected chi connectivity index (χ4v) is 3.02. The van der Waals surface area contributed by atoms with E-state index in [2.05, 4.69) is 21.9 Å². The Morgan fingerprint density at radius 1 is 1.40 bits per heavy atom. The molecule has 0 aliphatic carbocycles. The van der Waals surface area contributed by atoms with Gasteiger partial charge >= 0.3 is 0 Å². The van der Waals surface area contributed by atoms with Gasteiger partial charge in [0.25, 0.3) is 0 Å². The van der Waals surface area contributed by atoms with Crippen LogP contribution in [-0.4, -0.2) is 58.4 Å². The lowest BCUT2D eigenvalue weighted by molar-refractivity contribution is 0.0336. The molecule has 0 bridgehead atoms. The maximum atomic E-state index is 9.59. The molecule has 1 aromatic heterocycles. The molecule has 1 saturated heterocycles. The minimum absolute atomic E-state index is 0.252. The second-order valence-corrected chi connectivity index (χ2v) is 5.94. The van der Waals surface area contributed by atoms with Crippen LogP contribution < -0.4 is 0 Å². The number of aryl methyl sites for hydroxylation is 2. The topological polar surface area (TPSA) is 52.7 Å². The van der Waals surface area contributed by atoms with Gasteiger partial charge in [-0.1, -0.05) is 12.1 Å². The van der Waals surface area contributed by atoms with E-state index in [4.69, 9.17) is 4.52 Å². The van der Waals surface area contributed by atoms with Crippen molar-refractivity contribution in [1.29, 1.82) is 0 Å². The lowest BCUT2D eigenvalue weighted by Crippen LogP contribution is -2.54. The molecule has 2 atom stereocenters. The summed E-state index contributed by atoms with van der Waals surface area (Å²) in [5, 5.41) is 13.6. The van der Waals surface area contributed by atoms with Crippen LogP contribution >= 0.6 is 0 Å². The van der Waals surface area contributed by atoms with Gasteiger partial charge in [-0.05, 0) is 27.2 Å². The third-order valence-electron chi connectivity index (χ3n) is 4.22. The van der Waals surface area contributed by atoms with Crippen molar-refractivity contribution >= 4 is 0 Å². The third-order valence-corrected chi connectivity index (χ3v) is 4.22. The summed E-state index contributed by atoms with van der Waals surface area (Å²) in [6.45, 7) is 12.9. The maximum absolute atomic E-state index is 9.59. The molecule has 114 valence electrons. The minimum atomic E-state index is -0.252. The van der Waals surface area contributed by atoms with Gasteiger partial charge < -0.3 is 9.63 Å². The summed E-state index contributed by atoms with van der Waals surface area (Å²) in [5.74, 6) is 0.932. The van der Waals surface area contributed by atoms with Crippen LogP contribution in [0.5, 0.6) is 0 Å². The van der Waals surface area contributed by atoms with Crippen LogP contribution in [0.3, 0.4) is 0 Å². The summed E-state index contributed by atoms with van der Waals surface area (Å²) in [4.78, 5) is 4.88. The number of aromatic nitrogens is 1. The maximum Gasteiger partial charge on any atom is 0.138 e. The molecule has 1 fully saturated rings. The second-order valence-electron chi connectivity index (χ2n) is 5.94. The first-order valence-electron chi connectivity index (χ1n) is 7.57. The predicted octanol–water partition coefficient (Wildman–Crippen LogP) is 1.57. The first kappa shape index (κ1) is 15.5. The van der Waals surface area contributed by atoms with Gasteiger partial charge in [0.05, 0.1) is 11.8 Å². The van der Waals surface area contributed by atoms with Gasteiger partial charge in [-0.15, -0.1) is 0 Å². The molecule has 2 rings (SSSR count). The molecule has 0 spiro atoms. The average Bonchev–Trinajstić information content (AvgIpc) is 2.71. The van der Waals surface area contributed by atoms with Gasteiger partial charge in [0, 0.05) is 44.3 Å². The number of hydrogen-bond donors (Lipinski definition) is 1. The van der Waals surface area contributed by atoms with Crippen LogP contribution in [0.25, 0.3) is 0 Å². The van der Waals surface area contributed by atoms with Crippen LogP contribution in [0.15, 0.2) is 4.52 Å². The quantitative estimate of drug-likeness (QED) is 0.888. The molecule has 1 aromatic rings. The van der Waals surface area contributed by atoms with Crippen molar-refractivity contribution in [2.24, 2.45) is 0 Å². The van der Waals surface area contributed by atoms with Crippen molar-refractivity contribution in [3.05, 3.63) is 17.0 Å². The van der Waals surface area contributed by atoms with Crippen LogP contribution in [-0.2, 0) is 6.54 Å². The number of nitrogens with zero attached hydrogens (tertiary/aromatic N) is 3. The van der Waals surface area contributed by atoms with E-state index in [9.17, 15) is 5.11 Å². The fraction of sp³-hybridized carbons (Fsp3) is 0.800. The smallest absolute Gasteiger partial charge is 0.138 e. The van der Waals surface area contributed by atoms with Crippen molar-refractivity contribution in [2.45, 2.75) is 52.8 Å². The Balaban J connectivity index is 1.96. The van der Waals surface area contributed by atoms with Crippen LogP contribution in [0.1, 0.15) is 37.3 Å². The summed E-state index contributed by atoms with van der Waals surface area (Å²) < 4.78 is 5.24. The van der Waals surface area contributed by atoms with Gasteiger partial charge in [0.1, 0.15) is 5.76 Å². The summed E-state index contributed by atoms with van der Waals surface area (Å²) in [7, 11) is 0. The Morgan fingerprint density at radius 3 is 2.70 bits per heavy atom. The standard InChI is InChI=1S/C15H27N3O2/c1-5-14-9-17(6-7-18(14)8-11(2)19)10-15-12(3)16-20-13(15)4/h11,14,19H,5-10H2,1-4H3. The monoisotopic (exact) mass is 281 g/mol. The van der Waals surface area contributed by atoms with E-state index in [0.717, 1.165) is 50.6 Å². The first-order valence-corrected chi connectivity index (χ1v) is 7.57. The van der Waals surface area contributed by atoms with Gasteiger partial charge in [-0.3, -0.25) is 9.80 Å². The van der Waals surface area contributed by atoms with Crippen LogP contribution in [0.4, 0.5) is 0 Å². The second kappa shape index (κ2) is 6.70. The Morgan fingerprint density at radius 2 is 2.15 bits per heavy atom. The molecule has 1 N–H and O–H groups in total. The lowest BCUT2D eigenvalue weighted by atomic mass is 10.1. The van der Waals surface area contributed by atoms with E-state index in [1.807, 2.05) is 20.8 Å². The van der Waals surface area contributed by atoms with Gasteiger partial charge in [0.15, 0.2) is 0 Å². The van der Waals surface area contributed by atoms with Gasteiger partial charge in [-0.25, -0.2) is 0 Å². The number of hydrogen-bond acceptors (Lipinski definition) is 5. The van der Waals surface area contributed by atoms with Crippen molar-refractivity contribution < 1.29 is 9.63 Å². The van der Waals surface area contributed by atoms with E-state index in [1.54, 1.807) is 0 Å². The molecule has 2 unspecified atom stereocenters. The lowest BCUT2D eigenvalue weighted by Gasteiger charge is -2.41. The summed E-state index contributed by atoms with van der Waals surface area (Å²) in [6.07, 6.45) is 0.864. The van der Waals surface area contributed by atoms with E-state index in [0.29, 0.717) is 6.04 Å². The summed E-state index contributed by atoms with van der Waals surface area (Å²) in [5.41, 5.74) is 2.23. The van der Waals surface area contributed by atoms with Crippen molar-refractivity contribution in [3.8, 4) is 0 Å². The highest BCUT2D eigenvalue weighted by atomic mass is 16.5. The van der Waals surface area contributed by atoms with Crippen LogP contribution in [0, 0.1) is 13.8 Å². The molecule has 5 nitrogen and oxygen atoms in total. The average molecular weight is 281 g/mol. The molecule has 1 aliphatic heterocycles. The predicted molar refractivity (Wildman–Crippen MR) is 78.6 cm³/mol. The highest BCUT2D eigenvalue weighted by Crippen LogP contribution is 2.19. The number of aliphatic hydroxyl groups is 1. The van der Waals surface area contributed by atoms with E-state index in [1.165, 1.54) is 5.56 Å². The Labute approximate surface area is 121 Å². The Hall–Kier alpha value is -0.910. The number of rotatable bonds is 5. The summed E-state index contributed by atoms with van der Waals surface area (Å²) >= 11 is 0. The van der Waals surface area contributed by atoms with Crippen molar-refractivity contribution in [2.75, 3.05) is 26.2 Å². The molecule has 2 heterocycles. The molecule has 0 amide bonds. The van der Waals surface area contributed by atoms with E-state index < -0.39 is 0 Å².